The third kappa shape index (κ3) is 4.96. The largest absolute Gasteiger partial charge is 0.484 e. The monoisotopic (exact) mass is 438 g/mol. The van der Waals surface area contributed by atoms with Crippen LogP contribution in [0.25, 0.3) is 11.3 Å². The van der Waals surface area contributed by atoms with Crippen LogP contribution in [0.4, 0.5) is 0 Å². The zero-order valence-corrected chi connectivity index (χ0v) is 18.3. The molecule has 0 fully saturated rings. The van der Waals surface area contributed by atoms with Gasteiger partial charge in [-0.15, -0.1) is 0 Å². The molecule has 0 aliphatic carbocycles. The van der Waals surface area contributed by atoms with Gasteiger partial charge in [0.2, 0.25) is 5.91 Å². The number of carbonyl (C=O) groups excluding carboxylic acids is 1. The predicted molar refractivity (Wildman–Crippen MR) is 127 cm³/mol. The molecule has 6 heteroatoms. The average Bonchev–Trinajstić information content (AvgIpc) is 3.25. The van der Waals surface area contributed by atoms with Gasteiger partial charge in [0.1, 0.15) is 11.9 Å². The molecule has 5 rings (SSSR count). The van der Waals surface area contributed by atoms with Crippen LogP contribution in [0.2, 0.25) is 0 Å². The van der Waals surface area contributed by atoms with Crippen molar-refractivity contribution in [2.75, 3.05) is 13.1 Å². The van der Waals surface area contributed by atoms with Gasteiger partial charge in [0.15, 0.2) is 0 Å². The molecule has 1 aliphatic rings. The first-order valence-electron chi connectivity index (χ1n) is 11.1. The molecule has 0 spiro atoms. The maximum Gasteiger partial charge on any atom is 0.234 e. The van der Waals surface area contributed by atoms with Gasteiger partial charge in [-0.3, -0.25) is 14.8 Å². The highest BCUT2D eigenvalue weighted by atomic mass is 16.5. The van der Waals surface area contributed by atoms with Gasteiger partial charge in [-0.25, -0.2) is 0 Å². The third-order valence-electron chi connectivity index (χ3n) is 5.85. The van der Waals surface area contributed by atoms with E-state index in [2.05, 4.69) is 38.6 Å². The van der Waals surface area contributed by atoms with E-state index < -0.39 is 0 Å². The van der Waals surface area contributed by atoms with Crippen molar-refractivity contribution in [3.63, 3.8) is 0 Å². The fraction of sp³-hybridized carbons (Fsp3) is 0.185. The standard InChI is InChI=1S/C27H26N4O2/c32-26(28-15-23-16-29-30-27(23)21-11-5-2-6-12-21)19-31-17-22-13-7-8-14-24(22)33-25(18-31)20-9-3-1-4-10-20/h1-14,16,25H,15,17-19H2,(H,28,32)(H,29,30). The summed E-state index contributed by atoms with van der Waals surface area (Å²) in [6, 6.07) is 28.2. The molecule has 1 aromatic heterocycles. The Morgan fingerprint density at radius 3 is 2.55 bits per heavy atom. The minimum absolute atomic E-state index is 0.0265. The first-order valence-corrected chi connectivity index (χ1v) is 11.1. The lowest BCUT2D eigenvalue weighted by Crippen LogP contribution is -2.38. The minimum atomic E-state index is -0.138. The van der Waals surface area contributed by atoms with E-state index in [1.165, 1.54) is 0 Å². The highest BCUT2D eigenvalue weighted by molar-refractivity contribution is 5.78. The topological polar surface area (TPSA) is 70.2 Å². The van der Waals surface area contributed by atoms with E-state index in [0.717, 1.165) is 33.7 Å². The summed E-state index contributed by atoms with van der Waals surface area (Å²) in [5.41, 5.74) is 5.13. The molecule has 2 N–H and O–H groups in total. The highest BCUT2D eigenvalue weighted by Crippen LogP contribution is 2.31. The van der Waals surface area contributed by atoms with Crippen LogP contribution >= 0.6 is 0 Å². The highest BCUT2D eigenvalue weighted by Gasteiger charge is 2.25. The fourth-order valence-electron chi connectivity index (χ4n) is 4.19. The van der Waals surface area contributed by atoms with Crippen molar-refractivity contribution in [2.45, 2.75) is 19.2 Å². The van der Waals surface area contributed by atoms with E-state index >= 15 is 0 Å². The second-order valence-electron chi connectivity index (χ2n) is 8.21. The van der Waals surface area contributed by atoms with Crippen molar-refractivity contribution in [1.29, 1.82) is 0 Å². The molecule has 6 nitrogen and oxygen atoms in total. The van der Waals surface area contributed by atoms with Crippen LogP contribution in [-0.2, 0) is 17.9 Å². The number of hydrogen-bond acceptors (Lipinski definition) is 4. The van der Waals surface area contributed by atoms with Gasteiger partial charge in [-0.05, 0) is 17.2 Å². The average molecular weight is 439 g/mol. The Balaban J connectivity index is 1.27. The van der Waals surface area contributed by atoms with E-state index in [1.54, 1.807) is 6.20 Å². The van der Waals surface area contributed by atoms with Gasteiger partial charge in [0, 0.05) is 30.8 Å². The summed E-state index contributed by atoms with van der Waals surface area (Å²) >= 11 is 0. The molecule has 1 amide bonds. The number of carbonyl (C=O) groups is 1. The van der Waals surface area contributed by atoms with Crippen molar-refractivity contribution < 1.29 is 9.53 Å². The maximum absolute atomic E-state index is 12.9. The SMILES string of the molecule is O=C(CN1Cc2ccccc2OC(c2ccccc2)C1)NCc1cn[nH]c1-c1ccccc1. The lowest BCUT2D eigenvalue weighted by molar-refractivity contribution is -0.122. The molecule has 1 aliphatic heterocycles. The van der Waals surface area contributed by atoms with Crippen LogP contribution in [0.1, 0.15) is 22.8 Å². The Hall–Kier alpha value is -3.90. The zero-order chi connectivity index (χ0) is 22.5. The minimum Gasteiger partial charge on any atom is -0.484 e. The molecule has 1 unspecified atom stereocenters. The zero-order valence-electron chi connectivity index (χ0n) is 18.3. The van der Waals surface area contributed by atoms with Crippen molar-refractivity contribution in [3.05, 3.63) is 108 Å². The van der Waals surface area contributed by atoms with Gasteiger partial charge in [-0.1, -0.05) is 78.9 Å². The van der Waals surface area contributed by atoms with E-state index in [1.807, 2.05) is 66.7 Å². The van der Waals surface area contributed by atoms with Crippen LogP contribution in [0.5, 0.6) is 5.75 Å². The molecule has 0 radical (unpaired) electrons. The number of benzene rings is 3. The number of nitrogens with one attached hydrogen (secondary N) is 2. The van der Waals surface area contributed by atoms with Crippen LogP contribution < -0.4 is 10.1 Å². The number of amides is 1. The lowest BCUT2D eigenvalue weighted by atomic mass is 10.1. The van der Waals surface area contributed by atoms with E-state index in [-0.39, 0.29) is 12.0 Å². The molecule has 166 valence electrons. The lowest BCUT2D eigenvalue weighted by Gasteiger charge is -2.23. The molecule has 0 saturated heterocycles. The van der Waals surface area contributed by atoms with Gasteiger partial charge in [0.25, 0.3) is 0 Å². The molecule has 2 heterocycles. The molecule has 3 aromatic carbocycles. The number of para-hydroxylation sites is 1. The molecular formula is C27H26N4O2. The molecule has 0 bridgehead atoms. The summed E-state index contributed by atoms with van der Waals surface area (Å²) < 4.78 is 6.35. The summed E-state index contributed by atoms with van der Waals surface area (Å²) in [6.07, 6.45) is 1.63. The normalized spacial score (nSPS) is 15.8. The first-order chi connectivity index (χ1) is 16.3. The second kappa shape index (κ2) is 9.71. The Morgan fingerprint density at radius 1 is 1.00 bits per heavy atom. The summed E-state index contributed by atoms with van der Waals surface area (Å²) in [7, 11) is 0. The van der Waals surface area contributed by atoms with Crippen molar-refractivity contribution in [1.82, 2.24) is 20.4 Å². The summed E-state index contributed by atoms with van der Waals surface area (Å²) in [4.78, 5) is 15.0. The van der Waals surface area contributed by atoms with Gasteiger partial charge in [-0.2, -0.15) is 5.10 Å². The Bertz CT molecular complexity index is 1210. The van der Waals surface area contributed by atoms with E-state index in [0.29, 0.717) is 26.2 Å². The molecule has 4 aromatic rings. The Morgan fingerprint density at radius 2 is 1.73 bits per heavy atom. The second-order valence-corrected chi connectivity index (χ2v) is 8.21. The number of ether oxygens (including phenoxy) is 1. The number of H-pyrrole nitrogens is 1. The number of fused-ring (bicyclic) bond motifs is 1. The summed E-state index contributed by atoms with van der Waals surface area (Å²) in [6.45, 7) is 2.00. The predicted octanol–water partition coefficient (Wildman–Crippen LogP) is 4.33. The van der Waals surface area contributed by atoms with Gasteiger partial charge >= 0.3 is 0 Å². The van der Waals surface area contributed by atoms with E-state index in [9.17, 15) is 4.79 Å². The molecule has 1 atom stereocenters. The first kappa shape index (κ1) is 21.0. The maximum atomic E-state index is 12.9. The van der Waals surface area contributed by atoms with Crippen molar-refractivity contribution in [2.24, 2.45) is 0 Å². The molecule has 0 saturated carbocycles. The van der Waals surface area contributed by atoms with Crippen LogP contribution in [0, 0.1) is 0 Å². The number of nitrogens with zero attached hydrogens (tertiary/aromatic N) is 2. The summed E-state index contributed by atoms with van der Waals surface area (Å²) in [5.74, 6) is 0.849. The number of hydrogen-bond donors (Lipinski definition) is 2. The third-order valence-corrected chi connectivity index (χ3v) is 5.85. The Labute approximate surface area is 193 Å². The Kier molecular flexibility index (Phi) is 6.17. The van der Waals surface area contributed by atoms with Gasteiger partial charge < -0.3 is 10.1 Å². The smallest absolute Gasteiger partial charge is 0.234 e. The molecule has 33 heavy (non-hydrogen) atoms. The van der Waals surface area contributed by atoms with E-state index in [4.69, 9.17) is 4.74 Å². The van der Waals surface area contributed by atoms with Crippen LogP contribution in [0.15, 0.2) is 91.1 Å². The van der Waals surface area contributed by atoms with Crippen LogP contribution in [-0.4, -0.2) is 34.1 Å². The fourth-order valence-corrected chi connectivity index (χ4v) is 4.19. The van der Waals surface area contributed by atoms with Crippen LogP contribution in [0.3, 0.4) is 0 Å². The molecular weight excluding hydrogens is 412 g/mol. The van der Waals surface area contributed by atoms with Crippen molar-refractivity contribution in [3.8, 4) is 17.0 Å². The number of aromatic amines is 1. The summed E-state index contributed by atoms with van der Waals surface area (Å²) in [5, 5.41) is 10.3. The van der Waals surface area contributed by atoms with Gasteiger partial charge in [0.05, 0.1) is 18.4 Å². The van der Waals surface area contributed by atoms with Crippen molar-refractivity contribution >= 4 is 5.91 Å². The quantitative estimate of drug-likeness (QED) is 0.470. The number of aromatic nitrogens is 2. The number of rotatable bonds is 6.